The van der Waals surface area contributed by atoms with Gasteiger partial charge in [-0.3, -0.25) is 4.79 Å². The Kier molecular flexibility index (Phi) is 6.65. The van der Waals surface area contributed by atoms with Gasteiger partial charge in [0.15, 0.2) is 0 Å². The minimum Gasteiger partial charge on any atom is -0.465 e. The first-order valence-corrected chi connectivity index (χ1v) is 5.21. The second-order valence-electron chi connectivity index (χ2n) is 4.17. The third-order valence-corrected chi connectivity index (χ3v) is 1.89. The zero-order chi connectivity index (χ0) is 10.3. The molecule has 2 nitrogen and oxygen atoms in total. The summed E-state index contributed by atoms with van der Waals surface area (Å²) in [6.07, 6.45) is 2.83. The summed E-state index contributed by atoms with van der Waals surface area (Å²) in [6.45, 7) is 8.89. The quantitative estimate of drug-likeness (QED) is 0.596. The normalized spacial score (nSPS) is 13.0. The highest BCUT2D eigenvalue weighted by Gasteiger charge is 2.08. The van der Waals surface area contributed by atoms with E-state index >= 15 is 0 Å². The highest BCUT2D eigenvalue weighted by atomic mass is 16.5. The van der Waals surface area contributed by atoms with Crippen molar-refractivity contribution in [3.63, 3.8) is 0 Å². The van der Waals surface area contributed by atoms with Crippen LogP contribution in [0.3, 0.4) is 0 Å². The molecule has 0 aromatic carbocycles. The maximum absolute atomic E-state index is 11.1. The average Bonchev–Trinajstić information content (AvgIpc) is 2.00. The van der Waals surface area contributed by atoms with Gasteiger partial charge >= 0.3 is 5.97 Å². The van der Waals surface area contributed by atoms with E-state index in [9.17, 15) is 4.79 Å². The predicted octanol–water partition coefficient (Wildman–Crippen LogP) is 3.01. The molecule has 0 spiro atoms. The van der Waals surface area contributed by atoms with Gasteiger partial charge in [0.05, 0.1) is 6.61 Å². The van der Waals surface area contributed by atoms with Crippen molar-refractivity contribution in [1.29, 1.82) is 0 Å². The average molecular weight is 186 g/mol. The molecular weight excluding hydrogens is 164 g/mol. The standard InChI is InChI=1S/C11H22O2/c1-5-6-10(4)8-13-11(12)7-9(2)3/h9-10H,5-8H2,1-4H3. The molecule has 1 atom stereocenters. The number of hydrogen-bond acceptors (Lipinski definition) is 2. The van der Waals surface area contributed by atoms with Crippen LogP contribution >= 0.6 is 0 Å². The van der Waals surface area contributed by atoms with E-state index in [1.54, 1.807) is 0 Å². The molecule has 0 bridgehead atoms. The van der Waals surface area contributed by atoms with Crippen LogP contribution < -0.4 is 0 Å². The topological polar surface area (TPSA) is 26.3 Å². The lowest BCUT2D eigenvalue weighted by Gasteiger charge is -2.11. The zero-order valence-electron chi connectivity index (χ0n) is 9.30. The summed E-state index contributed by atoms with van der Waals surface area (Å²) in [4.78, 5) is 11.1. The fraction of sp³-hybridized carbons (Fsp3) is 0.909. The van der Waals surface area contributed by atoms with Gasteiger partial charge < -0.3 is 4.74 Å². The molecule has 0 saturated heterocycles. The molecule has 2 heteroatoms. The number of esters is 1. The Hall–Kier alpha value is -0.530. The van der Waals surface area contributed by atoms with Crippen molar-refractivity contribution >= 4 is 5.97 Å². The van der Waals surface area contributed by atoms with E-state index in [2.05, 4.69) is 13.8 Å². The van der Waals surface area contributed by atoms with E-state index in [1.807, 2.05) is 13.8 Å². The third-order valence-electron chi connectivity index (χ3n) is 1.89. The summed E-state index contributed by atoms with van der Waals surface area (Å²) in [7, 11) is 0. The molecule has 0 heterocycles. The molecule has 0 saturated carbocycles. The van der Waals surface area contributed by atoms with E-state index in [-0.39, 0.29) is 5.97 Å². The summed E-state index contributed by atoms with van der Waals surface area (Å²) in [5, 5.41) is 0. The van der Waals surface area contributed by atoms with Gasteiger partial charge in [0.2, 0.25) is 0 Å². The first kappa shape index (κ1) is 12.5. The summed E-state index contributed by atoms with van der Waals surface area (Å²) in [5.41, 5.74) is 0. The Morgan fingerprint density at radius 3 is 2.38 bits per heavy atom. The van der Waals surface area contributed by atoms with Crippen LogP contribution in [0.25, 0.3) is 0 Å². The van der Waals surface area contributed by atoms with Crippen LogP contribution in [0.2, 0.25) is 0 Å². The van der Waals surface area contributed by atoms with Crippen LogP contribution in [-0.4, -0.2) is 12.6 Å². The molecule has 0 aliphatic heterocycles. The minimum atomic E-state index is -0.0575. The van der Waals surface area contributed by atoms with Crippen molar-refractivity contribution in [3.8, 4) is 0 Å². The SMILES string of the molecule is CCCC(C)COC(=O)CC(C)C. The molecule has 1 unspecified atom stereocenters. The van der Waals surface area contributed by atoms with Gasteiger partial charge in [0.1, 0.15) is 0 Å². The molecule has 0 N–H and O–H groups in total. The fourth-order valence-corrected chi connectivity index (χ4v) is 1.20. The molecule has 0 radical (unpaired) electrons. The molecule has 0 amide bonds. The molecular formula is C11H22O2. The lowest BCUT2D eigenvalue weighted by atomic mass is 10.1. The minimum absolute atomic E-state index is 0.0575. The lowest BCUT2D eigenvalue weighted by Crippen LogP contribution is -2.13. The smallest absolute Gasteiger partial charge is 0.306 e. The highest BCUT2D eigenvalue weighted by molar-refractivity contribution is 5.69. The van der Waals surface area contributed by atoms with Crippen molar-refractivity contribution in [1.82, 2.24) is 0 Å². The van der Waals surface area contributed by atoms with Crippen molar-refractivity contribution in [2.75, 3.05) is 6.61 Å². The van der Waals surface area contributed by atoms with E-state index in [1.165, 1.54) is 0 Å². The van der Waals surface area contributed by atoms with Gasteiger partial charge in [-0.1, -0.05) is 34.1 Å². The van der Waals surface area contributed by atoms with Crippen LogP contribution in [0.4, 0.5) is 0 Å². The Labute approximate surface area is 81.7 Å². The second-order valence-corrected chi connectivity index (χ2v) is 4.17. The van der Waals surface area contributed by atoms with Gasteiger partial charge in [-0.15, -0.1) is 0 Å². The van der Waals surface area contributed by atoms with Crippen molar-refractivity contribution in [2.45, 2.75) is 47.0 Å². The monoisotopic (exact) mass is 186 g/mol. The van der Waals surface area contributed by atoms with E-state index in [4.69, 9.17) is 4.74 Å². The van der Waals surface area contributed by atoms with Crippen LogP contribution in [-0.2, 0) is 9.53 Å². The Morgan fingerprint density at radius 2 is 1.92 bits per heavy atom. The molecule has 0 fully saturated rings. The molecule has 0 aromatic heterocycles. The second kappa shape index (κ2) is 6.93. The summed E-state index contributed by atoms with van der Waals surface area (Å²) < 4.78 is 5.13. The van der Waals surface area contributed by atoms with Gasteiger partial charge in [0, 0.05) is 6.42 Å². The molecule has 0 aliphatic carbocycles. The van der Waals surface area contributed by atoms with E-state index in [0.717, 1.165) is 12.8 Å². The summed E-state index contributed by atoms with van der Waals surface area (Å²) in [6, 6.07) is 0. The van der Waals surface area contributed by atoms with Gasteiger partial charge in [-0.2, -0.15) is 0 Å². The fourth-order valence-electron chi connectivity index (χ4n) is 1.20. The number of rotatable bonds is 6. The van der Waals surface area contributed by atoms with Gasteiger partial charge in [-0.25, -0.2) is 0 Å². The van der Waals surface area contributed by atoms with Crippen molar-refractivity contribution in [2.24, 2.45) is 11.8 Å². The summed E-state index contributed by atoms with van der Waals surface area (Å²) in [5.74, 6) is 0.841. The van der Waals surface area contributed by atoms with Crippen LogP contribution in [0.5, 0.6) is 0 Å². The maximum atomic E-state index is 11.1. The summed E-state index contributed by atoms with van der Waals surface area (Å²) >= 11 is 0. The van der Waals surface area contributed by atoms with Gasteiger partial charge in [-0.05, 0) is 18.3 Å². The highest BCUT2D eigenvalue weighted by Crippen LogP contribution is 2.07. The molecule has 78 valence electrons. The lowest BCUT2D eigenvalue weighted by molar-refractivity contribution is -0.145. The first-order valence-electron chi connectivity index (χ1n) is 5.21. The maximum Gasteiger partial charge on any atom is 0.306 e. The Balaban J connectivity index is 3.46. The first-order chi connectivity index (χ1) is 6.06. The molecule has 13 heavy (non-hydrogen) atoms. The van der Waals surface area contributed by atoms with Crippen LogP contribution in [0, 0.1) is 11.8 Å². The van der Waals surface area contributed by atoms with Gasteiger partial charge in [0.25, 0.3) is 0 Å². The number of carbonyl (C=O) groups excluding carboxylic acids is 1. The largest absolute Gasteiger partial charge is 0.465 e. The van der Waals surface area contributed by atoms with Crippen molar-refractivity contribution < 1.29 is 9.53 Å². The Bertz CT molecular complexity index is 141. The molecule has 0 rings (SSSR count). The zero-order valence-corrected chi connectivity index (χ0v) is 9.30. The number of carbonyl (C=O) groups is 1. The van der Waals surface area contributed by atoms with E-state index in [0.29, 0.717) is 24.9 Å². The van der Waals surface area contributed by atoms with Crippen molar-refractivity contribution in [3.05, 3.63) is 0 Å². The molecule has 0 aliphatic rings. The predicted molar refractivity (Wildman–Crippen MR) is 54.5 cm³/mol. The number of hydrogen-bond donors (Lipinski definition) is 0. The Morgan fingerprint density at radius 1 is 1.31 bits per heavy atom. The van der Waals surface area contributed by atoms with Crippen LogP contribution in [0.15, 0.2) is 0 Å². The van der Waals surface area contributed by atoms with Crippen LogP contribution in [0.1, 0.15) is 47.0 Å². The number of ether oxygens (including phenoxy) is 1. The van der Waals surface area contributed by atoms with E-state index < -0.39 is 0 Å². The molecule has 0 aromatic rings. The third kappa shape index (κ3) is 7.82.